The molecule has 54 valence electrons. The minimum atomic E-state index is 0. The van der Waals surface area contributed by atoms with Crippen molar-refractivity contribution in [1.29, 1.82) is 0 Å². The molecule has 12 heavy (non-hydrogen) atoms. The van der Waals surface area contributed by atoms with Crippen LogP contribution in [0.1, 0.15) is 0 Å². The minimum Gasteiger partial charge on any atom is -0.253 e. The van der Waals surface area contributed by atoms with Gasteiger partial charge in [0.15, 0.2) is 0 Å². The van der Waals surface area contributed by atoms with Gasteiger partial charge in [-0.25, -0.2) is 0 Å². The second-order valence-electron chi connectivity index (χ2n) is 2.05. The highest BCUT2D eigenvalue weighted by Crippen LogP contribution is 2.04. The Labute approximate surface area is 75.2 Å². The summed E-state index contributed by atoms with van der Waals surface area (Å²) >= 11 is 0. The molecule has 0 aliphatic carbocycles. The van der Waals surface area contributed by atoms with Crippen LogP contribution in [-0.4, -0.2) is 26.8 Å². The van der Waals surface area contributed by atoms with Crippen molar-refractivity contribution in [2.24, 2.45) is 0 Å². The highest BCUT2D eigenvalue weighted by atomic mass is 14.8. The second kappa shape index (κ2) is 4.54. The lowest BCUT2D eigenvalue weighted by molar-refractivity contribution is 1.29. The lowest BCUT2D eigenvalue weighted by Gasteiger charge is -1.90. The standard InChI is InChI=1S/C8H6N2.2B/c1-2-4-8-7(3-1)9-5-6-10-8;;/h1-6H;;. The van der Waals surface area contributed by atoms with E-state index in [-0.39, 0.29) is 16.8 Å². The zero-order valence-electron chi connectivity index (χ0n) is 6.51. The van der Waals surface area contributed by atoms with E-state index in [2.05, 4.69) is 9.97 Å². The average molecular weight is 152 g/mol. The fraction of sp³-hybridized carbons (Fsp3) is 0. The van der Waals surface area contributed by atoms with Crippen LogP contribution in [0.5, 0.6) is 0 Å². The molecule has 2 rings (SSSR count). The van der Waals surface area contributed by atoms with Gasteiger partial charge in [0.1, 0.15) is 0 Å². The Morgan fingerprint density at radius 1 is 0.750 bits per heavy atom. The maximum atomic E-state index is 4.12. The smallest absolute Gasteiger partial charge is 0.0886 e. The van der Waals surface area contributed by atoms with E-state index in [0.717, 1.165) is 11.0 Å². The predicted molar refractivity (Wildman–Crippen MR) is 51.0 cm³/mol. The monoisotopic (exact) mass is 152 g/mol. The van der Waals surface area contributed by atoms with Gasteiger partial charge in [-0.15, -0.1) is 0 Å². The Balaban J connectivity index is 0.000000605. The fourth-order valence-corrected chi connectivity index (χ4v) is 0.910. The van der Waals surface area contributed by atoms with Gasteiger partial charge in [0.2, 0.25) is 0 Å². The number of hydrogen-bond acceptors (Lipinski definition) is 2. The maximum Gasteiger partial charge on any atom is 0.0886 e. The van der Waals surface area contributed by atoms with Crippen LogP contribution < -0.4 is 0 Å². The Morgan fingerprint density at radius 3 is 1.58 bits per heavy atom. The third-order valence-electron chi connectivity index (χ3n) is 1.38. The molecule has 0 N–H and O–H groups in total. The summed E-state index contributed by atoms with van der Waals surface area (Å²) < 4.78 is 0. The van der Waals surface area contributed by atoms with Gasteiger partial charge in [-0.05, 0) is 12.1 Å². The van der Waals surface area contributed by atoms with E-state index in [1.54, 1.807) is 12.4 Å². The molecule has 0 saturated heterocycles. The van der Waals surface area contributed by atoms with Crippen LogP contribution >= 0.6 is 0 Å². The van der Waals surface area contributed by atoms with E-state index < -0.39 is 0 Å². The van der Waals surface area contributed by atoms with Crippen LogP contribution in [0.3, 0.4) is 0 Å². The number of nitrogens with zero attached hydrogens (tertiary/aromatic N) is 2. The zero-order chi connectivity index (χ0) is 6.81. The van der Waals surface area contributed by atoms with Crippen LogP contribution in [0.4, 0.5) is 0 Å². The first-order valence-electron chi connectivity index (χ1n) is 3.12. The molecule has 0 bridgehead atoms. The quantitative estimate of drug-likeness (QED) is 0.523. The van der Waals surface area contributed by atoms with E-state index >= 15 is 0 Å². The van der Waals surface area contributed by atoms with E-state index in [1.807, 2.05) is 24.3 Å². The van der Waals surface area contributed by atoms with Gasteiger partial charge >= 0.3 is 0 Å². The van der Waals surface area contributed by atoms with Crippen LogP contribution in [0.15, 0.2) is 36.7 Å². The SMILES string of the molecule is [B].[B].c1ccc2nccnc2c1. The number of para-hydroxylation sites is 2. The Hall–Kier alpha value is -1.31. The predicted octanol–water partition coefficient (Wildman–Crippen LogP) is 0.868. The van der Waals surface area contributed by atoms with Gasteiger partial charge in [0.25, 0.3) is 0 Å². The van der Waals surface area contributed by atoms with E-state index in [9.17, 15) is 0 Å². The third kappa shape index (κ3) is 1.84. The summed E-state index contributed by atoms with van der Waals surface area (Å²) in [5.41, 5.74) is 1.90. The molecule has 0 fully saturated rings. The molecule has 0 unspecified atom stereocenters. The molecular weight excluding hydrogens is 146 g/mol. The van der Waals surface area contributed by atoms with E-state index in [1.165, 1.54) is 0 Å². The lowest BCUT2D eigenvalue weighted by atomic mass is 10.3. The molecule has 0 amide bonds. The van der Waals surface area contributed by atoms with Crippen molar-refractivity contribution in [3.63, 3.8) is 0 Å². The van der Waals surface area contributed by atoms with Crippen molar-refractivity contribution < 1.29 is 0 Å². The fourth-order valence-electron chi connectivity index (χ4n) is 0.910. The number of fused-ring (bicyclic) bond motifs is 1. The van der Waals surface area contributed by atoms with E-state index in [0.29, 0.717) is 0 Å². The summed E-state index contributed by atoms with van der Waals surface area (Å²) in [7, 11) is 0. The lowest BCUT2D eigenvalue weighted by Crippen LogP contribution is -1.78. The van der Waals surface area contributed by atoms with Gasteiger partial charge in [0, 0.05) is 29.2 Å². The Kier molecular flexibility index (Phi) is 4.05. The van der Waals surface area contributed by atoms with Crippen molar-refractivity contribution in [2.45, 2.75) is 0 Å². The molecule has 6 radical (unpaired) electrons. The number of aromatic nitrogens is 2. The van der Waals surface area contributed by atoms with Crippen molar-refractivity contribution in [1.82, 2.24) is 9.97 Å². The molecule has 2 nitrogen and oxygen atoms in total. The molecule has 4 heteroatoms. The van der Waals surface area contributed by atoms with Crippen LogP contribution in [0, 0.1) is 0 Å². The summed E-state index contributed by atoms with van der Waals surface area (Å²) in [6.45, 7) is 0. The largest absolute Gasteiger partial charge is 0.253 e. The average Bonchev–Trinajstić information content (AvgIpc) is 2.05. The van der Waals surface area contributed by atoms with Gasteiger partial charge in [-0.2, -0.15) is 0 Å². The van der Waals surface area contributed by atoms with E-state index in [4.69, 9.17) is 0 Å². The molecule has 2 aromatic rings. The van der Waals surface area contributed by atoms with Crippen molar-refractivity contribution in [2.75, 3.05) is 0 Å². The first kappa shape index (κ1) is 10.7. The minimum absolute atomic E-state index is 0. The van der Waals surface area contributed by atoms with Gasteiger partial charge in [0.05, 0.1) is 11.0 Å². The number of hydrogen-bond donors (Lipinski definition) is 0. The molecule has 0 atom stereocenters. The first-order chi connectivity index (χ1) is 4.97. The normalized spacial score (nSPS) is 8.33. The van der Waals surface area contributed by atoms with Gasteiger partial charge < -0.3 is 0 Å². The molecule has 0 aliphatic heterocycles. The van der Waals surface area contributed by atoms with Crippen LogP contribution in [0.25, 0.3) is 11.0 Å². The molecule has 0 aliphatic rings. The third-order valence-corrected chi connectivity index (χ3v) is 1.38. The molecule has 0 saturated carbocycles. The summed E-state index contributed by atoms with van der Waals surface area (Å²) in [5.74, 6) is 0. The first-order valence-corrected chi connectivity index (χ1v) is 3.12. The summed E-state index contributed by atoms with van der Waals surface area (Å²) in [5, 5.41) is 0. The molecule has 1 aromatic carbocycles. The Bertz CT molecular complexity index is 286. The maximum absolute atomic E-state index is 4.12. The highest BCUT2D eigenvalue weighted by Gasteiger charge is 1.88. The molecule has 1 heterocycles. The number of rotatable bonds is 0. The summed E-state index contributed by atoms with van der Waals surface area (Å²) in [4.78, 5) is 8.24. The molecule has 1 aromatic heterocycles. The molecular formula is C8H6B2N2. The summed E-state index contributed by atoms with van der Waals surface area (Å²) in [6.07, 6.45) is 3.39. The van der Waals surface area contributed by atoms with Crippen molar-refractivity contribution in [3.05, 3.63) is 36.7 Å². The molecule has 0 spiro atoms. The number of benzene rings is 1. The zero-order valence-corrected chi connectivity index (χ0v) is 6.51. The van der Waals surface area contributed by atoms with Crippen molar-refractivity contribution >= 4 is 27.9 Å². The van der Waals surface area contributed by atoms with Gasteiger partial charge in [-0.1, -0.05) is 12.1 Å². The highest BCUT2D eigenvalue weighted by molar-refractivity contribution is 5.76. The van der Waals surface area contributed by atoms with Gasteiger partial charge in [-0.3, -0.25) is 9.97 Å². The topological polar surface area (TPSA) is 25.8 Å². The second-order valence-corrected chi connectivity index (χ2v) is 2.05. The van der Waals surface area contributed by atoms with Crippen molar-refractivity contribution in [3.8, 4) is 0 Å². The Morgan fingerprint density at radius 2 is 1.17 bits per heavy atom. The van der Waals surface area contributed by atoms with Crippen LogP contribution in [0.2, 0.25) is 0 Å². The summed E-state index contributed by atoms with van der Waals surface area (Å²) in [6, 6.07) is 7.80. The van der Waals surface area contributed by atoms with Crippen LogP contribution in [-0.2, 0) is 0 Å².